The normalized spacial score (nSPS) is 18.3. The highest BCUT2D eigenvalue weighted by molar-refractivity contribution is 9.10. The van der Waals surface area contributed by atoms with E-state index in [2.05, 4.69) is 21.2 Å². The fourth-order valence-corrected chi connectivity index (χ4v) is 5.21. The minimum absolute atomic E-state index is 0.129. The van der Waals surface area contributed by atoms with Gasteiger partial charge in [-0.1, -0.05) is 22.0 Å². The molecule has 0 bridgehead atoms. The zero-order valence-corrected chi connectivity index (χ0v) is 17.8. The molecule has 5 nitrogen and oxygen atoms in total. The topological polar surface area (TPSA) is 66.5 Å². The average Bonchev–Trinajstić information content (AvgIpc) is 2.61. The number of carbonyl (C=O) groups is 1. The molecule has 0 unspecified atom stereocenters. The molecule has 1 aliphatic rings. The number of rotatable bonds is 4. The fraction of sp³-hybridized carbons (Fsp3) is 0.350. The SMILES string of the molecule is Cc1cc(C)cc(NC(=O)[C@H]2CCCN(S(=O)(=O)c3ccc(Br)cc3)C2)c1. The van der Waals surface area contributed by atoms with E-state index in [0.717, 1.165) is 21.3 Å². The van der Waals surface area contributed by atoms with Crippen molar-refractivity contribution in [1.29, 1.82) is 0 Å². The second-order valence-corrected chi connectivity index (χ2v) is 9.88. The minimum atomic E-state index is -3.60. The molecule has 0 spiro atoms. The number of amides is 1. The Hall–Kier alpha value is -1.70. The van der Waals surface area contributed by atoms with Gasteiger partial charge in [-0.15, -0.1) is 0 Å². The van der Waals surface area contributed by atoms with Gasteiger partial charge in [0, 0.05) is 23.2 Å². The predicted molar refractivity (Wildman–Crippen MR) is 110 cm³/mol. The highest BCUT2D eigenvalue weighted by atomic mass is 79.9. The van der Waals surface area contributed by atoms with E-state index < -0.39 is 10.0 Å². The zero-order valence-electron chi connectivity index (χ0n) is 15.4. The second-order valence-electron chi connectivity index (χ2n) is 7.02. The van der Waals surface area contributed by atoms with Gasteiger partial charge in [0.2, 0.25) is 15.9 Å². The maximum absolute atomic E-state index is 12.9. The first-order chi connectivity index (χ1) is 12.8. The molecule has 1 heterocycles. The fourth-order valence-electron chi connectivity index (χ4n) is 3.42. The lowest BCUT2D eigenvalue weighted by Crippen LogP contribution is -2.43. The lowest BCUT2D eigenvalue weighted by atomic mass is 9.98. The van der Waals surface area contributed by atoms with Crippen LogP contribution in [0.15, 0.2) is 51.8 Å². The summed E-state index contributed by atoms with van der Waals surface area (Å²) in [5.74, 6) is -0.486. The summed E-state index contributed by atoms with van der Waals surface area (Å²) in [7, 11) is -3.60. The van der Waals surface area contributed by atoms with Crippen LogP contribution in [-0.4, -0.2) is 31.7 Å². The largest absolute Gasteiger partial charge is 0.326 e. The van der Waals surface area contributed by atoms with E-state index in [4.69, 9.17) is 0 Å². The van der Waals surface area contributed by atoms with Gasteiger partial charge in [-0.3, -0.25) is 4.79 Å². The van der Waals surface area contributed by atoms with Gasteiger partial charge in [0.1, 0.15) is 0 Å². The third kappa shape index (κ3) is 4.78. The Morgan fingerprint density at radius 2 is 1.74 bits per heavy atom. The summed E-state index contributed by atoms with van der Waals surface area (Å²) in [5.41, 5.74) is 2.91. The van der Waals surface area contributed by atoms with Crippen LogP contribution in [0.5, 0.6) is 0 Å². The highest BCUT2D eigenvalue weighted by Crippen LogP contribution is 2.26. The van der Waals surface area contributed by atoms with Gasteiger partial charge in [-0.05, 0) is 74.2 Å². The molecule has 0 aromatic heterocycles. The number of benzene rings is 2. The Balaban J connectivity index is 1.73. The number of nitrogens with zero attached hydrogens (tertiary/aromatic N) is 1. The molecule has 2 aromatic rings. The van der Waals surface area contributed by atoms with Crippen LogP contribution < -0.4 is 5.32 Å². The van der Waals surface area contributed by atoms with Crippen molar-refractivity contribution in [3.63, 3.8) is 0 Å². The first-order valence-corrected chi connectivity index (χ1v) is 11.1. The van der Waals surface area contributed by atoms with Crippen molar-refractivity contribution in [2.75, 3.05) is 18.4 Å². The molecule has 7 heteroatoms. The smallest absolute Gasteiger partial charge is 0.243 e. The van der Waals surface area contributed by atoms with Gasteiger partial charge in [0.05, 0.1) is 10.8 Å². The van der Waals surface area contributed by atoms with E-state index in [1.165, 1.54) is 4.31 Å². The molecule has 3 rings (SSSR count). The highest BCUT2D eigenvalue weighted by Gasteiger charge is 2.33. The van der Waals surface area contributed by atoms with Crippen LogP contribution in [0.4, 0.5) is 5.69 Å². The van der Waals surface area contributed by atoms with E-state index in [9.17, 15) is 13.2 Å². The van der Waals surface area contributed by atoms with Gasteiger partial charge in [-0.2, -0.15) is 4.31 Å². The average molecular weight is 451 g/mol. The van der Waals surface area contributed by atoms with Crippen molar-refractivity contribution in [3.8, 4) is 0 Å². The van der Waals surface area contributed by atoms with Gasteiger partial charge in [-0.25, -0.2) is 8.42 Å². The first kappa shape index (κ1) is 20.0. The number of halogens is 1. The summed E-state index contributed by atoms with van der Waals surface area (Å²) >= 11 is 3.32. The molecular formula is C20H23BrN2O3S. The van der Waals surface area contributed by atoms with Gasteiger partial charge in [0.25, 0.3) is 0 Å². The van der Waals surface area contributed by atoms with E-state index in [1.807, 2.05) is 32.0 Å². The molecule has 1 saturated heterocycles. The quantitative estimate of drug-likeness (QED) is 0.761. The molecular weight excluding hydrogens is 428 g/mol. The summed E-state index contributed by atoms with van der Waals surface area (Å²) in [4.78, 5) is 13.0. The lowest BCUT2D eigenvalue weighted by Gasteiger charge is -2.31. The number of aryl methyl sites for hydroxylation is 2. The zero-order chi connectivity index (χ0) is 19.6. The number of hydrogen-bond donors (Lipinski definition) is 1. The standard InChI is InChI=1S/C20H23BrN2O3S/c1-14-10-15(2)12-18(11-14)22-20(24)16-4-3-9-23(13-16)27(25,26)19-7-5-17(21)6-8-19/h5-8,10-12,16H,3-4,9,13H2,1-2H3,(H,22,24)/t16-/m0/s1. The minimum Gasteiger partial charge on any atom is -0.326 e. The maximum Gasteiger partial charge on any atom is 0.243 e. The lowest BCUT2D eigenvalue weighted by molar-refractivity contribution is -0.120. The van der Waals surface area contributed by atoms with Crippen LogP contribution in [0.25, 0.3) is 0 Å². The van der Waals surface area contributed by atoms with Crippen LogP contribution in [0, 0.1) is 19.8 Å². The van der Waals surface area contributed by atoms with Crippen LogP contribution >= 0.6 is 15.9 Å². The van der Waals surface area contributed by atoms with Crippen molar-refractivity contribution < 1.29 is 13.2 Å². The molecule has 1 aliphatic heterocycles. The van der Waals surface area contributed by atoms with Crippen LogP contribution in [0.2, 0.25) is 0 Å². The molecule has 0 aliphatic carbocycles. The Labute approximate surface area is 169 Å². The van der Waals surface area contributed by atoms with E-state index >= 15 is 0 Å². The van der Waals surface area contributed by atoms with Crippen LogP contribution in [-0.2, 0) is 14.8 Å². The monoisotopic (exact) mass is 450 g/mol. The van der Waals surface area contributed by atoms with Crippen molar-refractivity contribution in [3.05, 3.63) is 58.1 Å². The van der Waals surface area contributed by atoms with E-state index in [-0.39, 0.29) is 23.3 Å². The summed E-state index contributed by atoms with van der Waals surface area (Å²) < 4.78 is 28.0. The Kier molecular flexibility index (Phi) is 6.03. The van der Waals surface area contributed by atoms with Crippen LogP contribution in [0.1, 0.15) is 24.0 Å². The molecule has 1 fully saturated rings. The van der Waals surface area contributed by atoms with E-state index in [1.54, 1.807) is 24.3 Å². The van der Waals surface area contributed by atoms with E-state index in [0.29, 0.717) is 19.4 Å². The molecule has 1 amide bonds. The van der Waals surface area contributed by atoms with Crippen molar-refractivity contribution in [1.82, 2.24) is 4.31 Å². The second kappa shape index (κ2) is 8.12. The van der Waals surface area contributed by atoms with Gasteiger partial charge in [0.15, 0.2) is 0 Å². The van der Waals surface area contributed by atoms with Crippen LogP contribution in [0.3, 0.4) is 0 Å². The van der Waals surface area contributed by atoms with Gasteiger partial charge >= 0.3 is 0 Å². The summed E-state index contributed by atoms with van der Waals surface area (Å²) in [6, 6.07) is 12.5. The first-order valence-electron chi connectivity index (χ1n) is 8.90. The maximum atomic E-state index is 12.9. The summed E-state index contributed by atoms with van der Waals surface area (Å²) in [6.45, 7) is 4.60. The van der Waals surface area contributed by atoms with Gasteiger partial charge < -0.3 is 5.32 Å². The predicted octanol–water partition coefficient (Wildman–Crippen LogP) is 4.11. The third-order valence-corrected chi connectivity index (χ3v) is 7.10. The number of anilines is 1. The van der Waals surface area contributed by atoms with Crippen molar-refractivity contribution >= 4 is 37.5 Å². The molecule has 0 saturated carbocycles. The Bertz CT molecular complexity index is 922. The number of carbonyl (C=O) groups excluding carboxylic acids is 1. The van der Waals surface area contributed by atoms with Crippen molar-refractivity contribution in [2.45, 2.75) is 31.6 Å². The Morgan fingerprint density at radius 3 is 2.37 bits per heavy atom. The number of nitrogens with one attached hydrogen (secondary N) is 1. The molecule has 2 aromatic carbocycles. The Morgan fingerprint density at radius 1 is 1.11 bits per heavy atom. The summed E-state index contributed by atoms with van der Waals surface area (Å²) in [5, 5.41) is 2.95. The molecule has 27 heavy (non-hydrogen) atoms. The molecule has 1 N–H and O–H groups in total. The van der Waals surface area contributed by atoms with Crippen molar-refractivity contribution in [2.24, 2.45) is 5.92 Å². The molecule has 1 atom stereocenters. The number of sulfonamides is 1. The molecule has 0 radical (unpaired) electrons. The number of hydrogen-bond acceptors (Lipinski definition) is 3. The number of piperidine rings is 1. The summed E-state index contributed by atoms with van der Waals surface area (Å²) in [6.07, 6.45) is 1.35. The third-order valence-electron chi connectivity index (χ3n) is 4.70. The molecule has 144 valence electrons.